The summed E-state index contributed by atoms with van der Waals surface area (Å²) in [5.41, 5.74) is 5.84. The van der Waals surface area contributed by atoms with Crippen LogP contribution >= 0.6 is 0 Å². The van der Waals surface area contributed by atoms with E-state index in [1.165, 1.54) is 19.3 Å². The molecule has 2 aliphatic heterocycles. The maximum atomic E-state index is 12.2. The van der Waals surface area contributed by atoms with Crippen molar-refractivity contribution < 1.29 is 9.53 Å². The molecule has 1 unspecified atom stereocenters. The third-order valence-electron chi connectivity index (χ3n) is 4.39. The topological polar surface area (TPSA) is 58.8 Å². The van der Waals surface area contributed by atoms with Gasteiger partial charge in [0.15, 0.2) is 0 Å². The summed E-state index contributed by atoms with van der Waals surface area (Å²) in [6.07, 6.45) is 3.50. The summed E-state index contributed by atoms with van der Waals surface area (Å²) >= 11 is 0. The van der Waals surface area contributed by atoms with Crippen LogP contribution in [-0.4, -0.2) is 60.3 Å². The standard InChI is InChI=1S/C15H29N3O2/c1-15(2,3)20-14(19)18-9-11(12(16)10-18)13-7-5-6-8-17(13)4/h11-13H,5-10,16H2,1-4H3/t11-,12+,13?/m1/s1. The zero-order valence-corrected chi connectivity index (χ0v) is 13.3. The van der Waals surface area contributed by atoms with E-state index in [1.54, 1.807) is 4.90 Å². The number of nitrogens with zero attached hydrogens (tertiary/aromatic N) is 2. The molecule has 0 aromatic heterocycles. The molecule has 1 amide bonds. The first kappa shape index (κ1) is 15.6. The number of carbonyl (C=O) groups is 1. The summed E-state index contributed by atoms with van der Waals surface area (Å²) in [6, 6.07) is 0.569. The van der Waals surface area contributed by atoms with Gasteiger partial charge in [-0.1, -0.05) is 6.42 Å². The fourth-order valence-electron chi connectivity index (χ4n) is 3.38. The largest absolute Gasteiger partial charge is 0.444 e. The lowest BCUT2D eigenvalue weighted by molar-refractivity contribution is 0.0274. The van der Waals surface area contributed by atoms with Crippen LogP contribution in [0.4, 0.5) is 4.79 Å². The van der Waals surface area contributed by atoms with E-state index >= 15 is 0 Å². The van der Waals surface area contributed by atoms with E-state index in [9.17, 15) is 4.79 Å². The molecule has 3 atom stereocenters. The first-order chi connectivity index (χ1) is 9.28. The summed E-state index contributed by atoms with van der Waals surface area (Å²) in [5, 5.41) is 0. The number of carbonyl (C=O) groups excluding carboxylic acids is 1. The lowest BCUT2D eigenvalue weighted by atomic mass is 9.88. The SMILES string of the molecule is CN1CCCCC1[C@@H]1CN(C(=O)OC(C)(C)C)C[C@@H]1N. The predicted octanol–water partition coefficient (Wildman–Crippen LogP) is 1.66. The van der Waals surface area contributed by atoms with Crippen LogP contribution in [0.25, 0.3) is 0 Å². The number of hydrogen-bond donors (Lipinski definition) is 1. The maximum absolute atomic E-state index is 12.2. The molecule has 0 aromatic carbocycles. The van der Waals surface area contributed by atoms with Crippen LogP contribution in [0.1, 0.15) is 40.0 Å². The lowest BCUT2D eigenvalue weighted by Gasteiger charge is -2.37. The Bertz CT molecular complexity index is 354. The van der Waals surface area contributed by atoms with Crippen molar-refractivity contribution in [1.29, 1.82) is 0 Å². The van der Waals surface area contributed by atoms with Crippen molar-refractivity contribution in [3.8, 4) is 0 Å². The van der Waals surface area contributed by atoms with Crippen LogP contribution in [-0.2, 0) is 4.74 Å². The molecule has 0 saturated carbocycles. The third-order valence-corrected chi connectivity index (χ3v) is 4.39. The minimum atomic E-state index is -0.444. The second-order valence-corrected chi connectivity index (χ2v) is 7.26. The van der Waals surface area contributed by atoms with Crippen molar-refractivity contribution in [2.24, 2.45) is 11.7 Å². The second-order valence-electron chi connectivity index (χ2n) is 7.26. The van der Waals surface area contributed by atoms with E-state index in [4.69, 9.17) is 10.5 Å². The predicted molar refractivity (Wildman–Crippen MR) is 79.5 cm³/mol. The Kier molecular flexibility index (Phi) is 4.59. The highest BCUT2D eigenvalue weighted by atomic mass is 16.6. The highest BCUT2D eigenvalue weighted by Gasteiger charge is 2.41. The number of ether oxygens (including phenoxy) is 1. The Morgan fingerprint density at radius 1 is 1.25 bits per heavy atom. The van der Waals surface area contributed by atoms with Gasteiger partial charge in [-0.15, -0.1) is 0 Å². The molecule has 5 heteroatoms. The van der Waals surface area contributed by atoms with E-state index in [2.05, 4.69) is 11.9 Å². The molecule has 116 valence electrons. The summed E-state index contributed by atoms with van der Waals surface area (Å²) in [6.45, 7) is 8.17. The zero-order valence-electron chi connectivity index (χ0n) is 13.3. The number of piperidine rings is 1. The summed E-state index contributed by atoms with van der Waals surface area (Å²) < 4.78 is 5.45. The molecular formula is C15H29N3O2. The van der Waals surface area contributed by atoms with Crippen LogP contribution in [0, 0.1) is 5.92 Å². The van der Waals surface area contributed by atoms with Gasteiger partial charge in [-0.25, -0.2) is 4.79 Å². The molecule has 0 bridgehead atoms. The Labute approximate surface area is 122 Å². The number of rotatable bonds is 1. The Morgan fingerprint density at radius 2 is 1.95 bits per heavy atom. The molecule has 0 aliphatic carbocycles. The molecule has 20 heavy (non-hydrogen) atoms. The van der Waals surface area contributed by atoms with Gasteiger partial charge < -0.3 is 20.3 Å². The molecule has 0 aromatic rings. The van der Waals surface area contributed by atoms with Crippen molar-refractivity contribution >= 4 is 6.09 Å². The maximum Gasteiger partial charge on any atom is 0.410 e. The molecule has 5 nitrogen and oxygen atoms in total. The van der Waals surface area contributed by atoms with Gasteiger partial charge >= 0.3 is 6.09 Å². The minimum absolute atomic E-state index is 0.0630. The molecule has 0 radical (unpaired) electrons. The summed E-state index contributed by atoms with van der Waals surface area (Å²) in [5.74, 6) is 0.368. The van der Waals surface area contributed by atoms with E-state index in [0.29, 0.717) is 18.5 Å². The molecule has 2 fully saturated rings. The Hall–Kier alpha value is -0.810. The second kappa shape index (κ2) is 5.90. The van der Waals surface area contributed by atoms with E-state index in [0.717, 1.165) is 13.1 Å². The number of nitrogens with two attached hydrogens (primary N) is 1. The van der Waals surface area contributed by atoms with Gasteiger partial charge in [0.2, 0.25) is 0 Å². The van der Waals surface area contributed by atoms with Gasteiger partial charge in [0, 0.05) is 31.1 Å². The molecule has 2 heterocycles. The highest BCUT2D eigenvalue weighted by molar-refractivity contribution is 5.68. The van der Waals surface area contributed by atoms with Gasteiger partial charge in [-0.2, -0.15) is 0 Å². The van der Waals surface area contributed by atoms with Crippen LogP contribution in [0.3, 0.4) is 0 Å². The average molecular weight is 283 g/mol. The van der Waals surface area contributed by atoms with Crippen LogP contribution in [0.15, 0.2) is 0 Å². The zero-order chi connectivity index (χ0) is 14.9. The molecule has 2 rings (SSSR count). The summed E-state index contributed by atoms with van der Waals surface area (Å²) in [7, 11) is 2.17. The fourth-order valence-corrected chi connectivity index (χ4v) is 3.38. The van der Waals surface area contributed by atoms with Gasteiger partial charge in [0.1, 0.15) is 5.60 Å². The van der Waals surface area contributed by atoms with Crippen molar-refractivity contribution in [3.05, 3.63) is 0 Å². The first-order valence-electron chi connectivity index (χ1n) is 7.71. The number of likely N-dealkylation sites (tertiary alicyclic amines) is 2. The van der Waals surface area contributed by atoms with E-state index in [1.807, 2.05) is 20.8 Å². The van der Waals surface area contributed by atoms with Gasteiger partial charge in [-0.3, -0.25) is 0 Å². The molecule has 2 N–H and O–H groups in total. The Morgan fingerprint density at radius 3 is 2.55 bits per heavy atom. The number of hydrogen-bond acceptors (Lipinski definition) is 4. The molecule has 2 aliphatic rings. The van der Waals surface area contributed by atoms with Gasteiger partial charge in [-0.05, 0) is 47.2 Å². The Balaban J connectivity index is 1.96. The van der Waals surface area contributed by atoms with E-state index < -0.39 is 5.60 Å². The minimum Gasteiger partial charge on any atom is -0.444 e. The van der Waals surface area contributed by atoms with Crippen molar-refractivity contribution in [2.75, 3.05) is 26.7 Å². The van der Waals surface area contributed by atoms with Crippen molar-refractivity contribution in [3.63, 3.8) is 0 Å². The van der Waals surface area contributed by atoms with Crippen LogP contribution < -0.4 is 5.73 Å². The van der Waals surface area contributed by atoms with Gasteiger partial charge in [0.05, 0.1) is 0 Å². The van der Waals surface area contributed by atoms with Gasteiger partial charge in [0.25, 0.3) is 0 Å². The third kappa shape index (κ3) is 3.64. The van der Waals surface area contributed by atoms with E-state index in [-0.39, 0.29) is 12.1 Å². The van der Waals surface area contributed by atoms with Crippen molar-refractivity contribution in [1.82, 2.24) is 9.80 Å². The van der Waals surface area contributed by atoms with Crippen LogP contribution in [0.2, 0.25) is 0 Å². The average Bonchev–Trinajstić information content (AvgIpc) is 2.70. The first-order valence-corrected chi connectivity index (χ1v) is 7.71. The normalized spacial score (nSPS) is 32.5. The monoisotopic (exact) mass is 283 g/mol. The number of amides is 1. The lowest BCUT2D eigenvalue weighted by Crippen LogP contribution is -2.47. The molecular weight excluding hydrogens is 254 g/mol. The smallest absolute Gasteiger partial charge is 0.410 e. The van der Waals surface area contributed by atoms with Crippen LogP contribution in [0.5, 0.6) is 0 Å². The quantitative estimate of drug-likeness (QED) is 0.795. The summed E-state index contributed by atoms with van der Waals surface area (Å²) in [4.78, 5) is 16.3. The highest BCUT2D eigenvalue weighted by Crippen LogP contribution is 2.29. The fraction of sp³-hybridized carbons (Fsp3) is 0.933. The molecule has 0 spiro atoms. The van der Waals surface area contributed by atoms with Crippen molar-refractivity contribution in [2.45, 2.75) is 57.7 Å². The molecule has 2 saturated heterocycles.